The Morgan fingerprint density at radius 3 is 2.80 bits per heavy atom. The minimum Gasteiger partial charge on any atom is -0.496 e. The Hall–Kier alpha value is -1.87. The van der Waals surface area contributed by atoms with Crippen LogP contribution in [-0.2, 0) is 6.42 Å². The van der Waals surface area contributed by atoms with E-state index in [1.54, 1.807) is 30.6 Å². The van der Waals surface area contributed by atoms with Crippen LogP contribution in [0, 0.1) is 0 Å². The molecule has 104 valence electrons. The van der Waals surface area contributed by atoms with Gasteiger partial charge in [0.05, 0.1) is 12.0 Å². The fourth-order valence-corrected chi connectivity index (χ4v) is 2.97. The molecule has 0 atom stereocenters. The Kier molecular flexibility index (Phi) is 5.13. The van der Waals surface area contributed by atoms with Gasteiger partial charge in [-0.2, -0.15) is 0 Å². The first-order valence-corrected chi connectivity index (χ1v) is 7.50. The number of thiophene rings is 1. The number of aryl methyl sites for hydroxylation is 1. The third-order valence-corrected chi connectivity index (χ3v) is 4.11. The maximum atomic E-state index is 12.1. The van der Waals surface area contributed by atoms with Gasteiger partial charge in [-0.1, -0.05) is 31.5 Å². The molecule has 2 rings (SSSR count). The van der Waals surface area contributed by atoms with Gasteiger partial charge in [0, 0.05) is 10.4 Å². The van der Waals surface area contributed by atoms with Gasteiger partial charge in [-0.3, -0.25) is 4.79 Å². The highest BCUT2D eigenvalue weighted by Crippen LogP contribution is 2.21. The SMILES string of the molecule is CCCc1ccc(C(=O)/C=C/c2ccccc2OC)s1. The van der Waals surface area contributed by atoms with Crippen LogP contribution in [0.25, 0.3) is 6.08 Å². The van der Waals surface area contributed by atoms with E-state index < -0.39 is 0 Å². The number of hydrogen-bond acceptors (Lipinski definition) is 3. The number of ether oxygens (including phenoxy) is 1. The Morgan fingerprint density at radius 2 is 2.05 bits per heavy atom. The van der Waals surface area contributed by atoms with Gasteiger partial charge in [0.2, 0.25) is 0 Å². The lowest BCUT2D eigenvalue weighted by Crippen LogP contribution is -1.90. The summed E-state index contributed by atoms with van der Waals surface area (Å²) in [5.41, 5.74) is 0.911. The van der Waals surface area contributed by atoms with E-state index in [4.69, 9.17) is 4.74 Å². The fraction of sp³-hybridized carbons (Fsp3) is 0.235. The topological polar surface area (TPSA) is 26.3 Å². The van der Waals surface area contributed by atoms with E-state index in [0.29, 0.717) is 0 Å². The van der Waals surface area contributed by atoms with Gasteiger partial charge < -0.3 is 4.74 Å². The molecule has 0 amide bonds. The molecule has 2 aromatic rings. The smallest absolute Gasteiger partial charge is 0.195 e. The van der Waals surface area contributed by atoms with E-state index in [0.717, 1.165) is 29.0 Å². The van der Waals surface area contributed by atoms with Gasteiger partial charge in [-0.15, -0.1) is 11.3 Å². The molecule has 1 heterocycles. The molecule has 0 aliphatic rings. The lowest BCUT2D eigenvalue weighted by molar-refractivity contribution is 0.105. The number of ketones is 1. The van der Waals surface area contributed by atoms with E-state index in [-0.39, 0.29) is 5.78 Å². The summed E-state index contributed by atoms with van der Waals surface area (Å²) in [6.07, 6.45) is 5.55. The van der Waals surface area contributed by atoms with Crippen molar-refractivity contribution in [3.8, 4) is 5.75 Å². The van der Waals surface area contributed by atoms with Crippen LogP contribution in [0.15, 0.2) is 42.5 Å². The van der Waals surface area contributed by atoms with Crippen LogP contribution in [0.3, 0.4) is 0 Å². The average molecular weight is 286 g/mol. The number of methoxy groups -OCH3 is 1. The maximum absolute atomic E-state index is 12.1. The Balaban J connectivity index is 2.11. The molecule has 0 N–H and O–H groups in total. The standard InChI is InChI=1S/C17H18O2S/c1-3-6-14-10-12-17(20-14)15(18)11-9-13-7-4-5-8-16(13)19-2/h4-5,7-12H,3,6H2,1-2H3/b11-9+. The number of benzene rings is 1. The first-order valence-electron chi connectivity index (χ1n) is 6.68. The maximum Gasteiger partial charge on any atom is 0.195 e. The van der Waals surface area contributed by atoms with Gasteiger partial charge >= 0.3 is 0 Å². The van der Waals surface area contributed by atoms with Crippen LogP contribution in [0.2, 0.25) is 0 Å². The fourth-order valence-electron chi connectivity index (χ4n) is 1.94. The molecule has 0 aliphatic carbocycles. The molecule has 0 saturated carbocycles. The van der Waals surface area contributed by atoms with Crippen molar-refractivity contribution in [1.82, 2.24) is 0 Å². The zero-order chi connectivity index (χ0) is 14.4. The summed E-state index contributed by atoms with van der Waals surface area (Å²) in [7, 11) is 1.63. The number of carbonyl (C=O) groups excluding carboxylic acids is 1. The Labute approximate surface area is 123 Å². The van der Waals surface area contributed by atoms with Crippen molar-refractivity contribution in [2.45, 2.75) is 19.8 Å². The van der Waals surface area contributed by atoms with Crippen LogP contribution in [-0.4, -0.2) is 12.9 Å². The summed E-state index contributed by atoms with van der Waals surface area (Å²) in [6, 6.07) is 11.6. The van der Waals surface area contributed by atoms with Crippen LogP contribution in [0.5, 0.6) is 5.75 Å². The van der Waals surface area contributed by atoms with Gasteiger partial charge in [0.25, 0.3) is 0 Å². The van der Waals surface area contributed by atoms with Crippen molar-refractivity contribution in [2.75, 3.05) is 7.11 Å². The summed E-state index contributed by atoms with van der Waals surface area (Å²) in [6.45, 7) is 2.14. The normalized spacial score (nSPS) is 10.9. The molecule has 0 fully saturated rings. The number of allylic oxidation sites excluding steroid dienone is 1. The molecule has 0 saturated heterocycles. The van der Waals surface area contributed by atoms with Crippen LogP contribution in [0.4, 0.5) is 0 Å². The predicted octanol–water partition coefficient (Wildman–Crippen LogP) is 4.61. The van der Waals surface area contributed by atoms with Gasteiger partial charge in [-0.25, -0.2) is 0 Å². The summed E-state index contributed by atoms with van der Waals surface area (Å²) in [4.78, 5) is 14.2. The number of rotatable bonds is 6. The summed E-state index contributed by atoms with van der Waals surface area (Å²) in [5, 5.41) is 0. The van der Waals surface area contributed by atoms with Crippen molar-refractivity contribution in [3.63, 3.8) is 0 Å². The predicted molar refractivity (Wildman–Crippen MR) is 84.7 cm³/mol. The highest BCUT2D eigenvalue weighted by molar-refractivity contribution is 7.14. The van der Waals surface area contributed by atoms with E-state index in [2.05, 4.69) is 6.92 Å². The van der Waals surface area contributed by atoms with E-state index in [9.17, 15) is 4.79 Å². The van der Waals surface area contributed by atoms with Crippen LogP contribution in [0.1, 0.15) is 33.5 Å². The average Bonchev–Trinajstić information content (AvgIpc) is 2.94. The first kappa shape index (κ1) is 14.5. The van der Waals surface area contributed by atoms with Crippen molar-refractivity contribution in [3.05, 3.63) is 57.8 Å². The first-order chi connectivity index (χ1) is 9.74. The summed E-state index contributed by atoms with van der Waals surface area (Å²) >= 11 is 1.58. The Morgan fingerprint density at radius 1 is 1.25 bits per heavy atom. The van der Waals surface area contributed by atoms with Gasteiger partial charge in [0.15, 0.2) is 5.78 Å². The number of carbonyl (C=O) groups is 1. The monoisotopic (exact) mass is 286 g/mol. The minimum absolute atomic E-state index is 0.0447. The van der Waals surface area contributed by atoms with Gasteiger partial charge in [0.1, 0.15) is 5.75 Å². The molecule has 1 aromatic heterocycles. The molecule has 0 aliphatic heterocycles. The quantitative estimate of drug-likeness (QED) is 0.573. The molecular weight excluding hydrogens is 268 g/mol. The van der Waals surface area contributed by atoms with Crippen molar-refractivity contribution in [1.29, 1.82) is 0 Å². The lowest BCUT2D eigenvalue weighted by Gasteiger charge is -2.02. The van der Waals surface area contributed by atoms with Gasteiger partial charge in [-0.05, 0) is 36.8 Å². The third kappa shape index (κ3) is 3.58. The lowest BCUT2D eigenvalue weighted by atomic mass is 10.1. The molecule has 20 heavy (non-hydrogen) atoms. The number of para-hydroxylation sites is 1. The van der Waals surface area contributed by atoms with Crippen molar-refractivity contribution >= 4 is 23.2 Å². The van der Waals surface area contributed by atoms with Crippen molar-refractivity contribution in [2.24, 2.45) is 0 Å². The minimum atomic E-state index is 0.0447. The molecular formula is C17H18O2S. The van der Waals surface area contributed by atoms with E-state index in [1.807, 2.05) is 36.4 Å². The second-order valence-electron chi connectivity index (χ2n) is 4.46. The molecule has 3 heteroatoms. The van der Waals surface area contributed by atoms with Crippen LogP contribution >= 0.6 is 11.3 Å². The highest BCUT2D eigenvalue weighted by atomic mass is 32.1. The third-order valence-electron chi connectivity index (χ3n) is 2.95. The second kappa shape index (κ2) is 7.06. The largest absolute Gasteiger partial charge is 0.496 e. The zero-order valence-corrected chi connectivity index (χ0v) is 12.6. The molecule has 0 bridgehead atoms. The molecule has 0 radical (unpaired) electrons. The molecule has 0 spiro atoms. The molecule has 2 nitrogen and oxygen atoms in total. The van der Waals surface area contributed by atoms with E-state index >= 15 is 0 Å². The van der Waals surface area contributed by atoms with Crippen molar-refractivity contribution < 1.29 is 9.53 Å². The summed E-state index contributed by atoms with van der Waals surface area (Å²) < 4.78 is 5.26. The molecule has 0 unspecified atom stereocenters. The summed E-state index contributed by atoms with van der Waals surface area (Å²) in [5.74, 6) is 0.817. The molecule has 1 aromatic carbocycles. The zero-order valence-electron chi connectivity index (χ0n) is 11.8. The van der Waals surface area contributed by atoms with E-state index in [1.165, 1.54) is 4.88 Å². The Bertz CT molecular complexity index is 611. The van der Waals surface area contributed by atoms with Crippen LogP contribution < -0.4 is 4.74 Å². The number of hydrogen-bond donors (Lipinski definition) is 0. The highest BCUT2D eigenvalue weighted by Gasteiger charge is 2.06. The second-order valence-corrected chi connectivity index (χ2v) is 5.62.